The molecule has 2 aliphatic rings. The van der Waals surface area contributed by atoms with Gasteiger partial charge in [0.05, 0.1) is 11.5 Å². The number of hydrogen-bond donors (Lipinski definition) is 1. The van der Waals surface area contributed by atoms with Crippen molar-refractivity contribution in [3.8, 4) is 0 Å². The molecule has 24 heavy (non-hydrogen) atoms. The van der Waals surface area contributed by atoms with Crippen molar-refractivity contribution < 1.29 is 19.5 Å². The first-order valence-electron chi connectivity index (χ1n) is 8.26. The molecular weight excluding hydrogens is 326 g/mol. The molecule has 1 N–H and O–H groups in total. The molecule has 1 aromatic rings. The van der Waals surface area contributed by atoms with Gasteiger partial charge in [-0.3, -0.25) is 9.59 Å². The Morgan fingerprint density at radius 1 is 1.12 bits per heavy atom. The number of carbonyl (C=O) groups excluding carboxylic acids is 2. The van der Waals surface area contributed by atoms with Crippen molar-refractivity contribution in [2.45, 2.75) is 25.3 Å². The third-order valence-electron chi connectivity index (χ3n) is 5.02. The lowest BCUT2D eigenvalue weighted by Gasteiger charge is -2.24. The zero-order valence-electron chi connectivity index (χ0n) is 13.4. The Bertz CT molecular complexity index is 633. The highest BCUT2D eigenvalue weighted by atomic mass is 32.2. The van der Waals surface area contributed by atoms with Crippen LogP contribution in [0.2, 0.25) is 0 Å². The highest BCUT2D eigenvalue weighted by molar-refractivity contribution is 8.00. The molecule has 0 radical (unpaired) electrons. The van der Waals surface area contributed by atoms with Gasteiger partial charge < -0.3 is 10.0 Å². The summed E-state index contributed by atoms with van der Waals surface area (Å²) in [5.74, 6) is -0.267. The van der Waals surface area contributed by atoms with E-state index < -0.39 is 12.0 Å². The summed E-state index contributed by atoms with van der Waals surface area (Å²) in [6.07, 6.45) is 2.96. The van der Waals surface area contributed by atoms with Crippen LogP contribution in [0.5, 0.6) is 0 Å². The number of hydrogen-bond acceptors (Lipinski definition) is 4. The zero-order valence-corrected chi connectivity index (χ0v) is 14.2. The Kier molecular flexibility index (Phi) is 5.23. The highest BCUT2D eigenvalue weighted by Crippen LogP contribution is 2.42. The molecule has 1 aromatic carbocycles. The van der Waals surface area contributed by atoms with Crippen LogP contribution in [0.15, 0.2) is 30.3 Å². The lowest BCUT2D eigenvalue weighted by Crippen LogP contribution is -2.44. The fraction of sp³-hybridized carbons (Fsp3) is 0.500. The van der Waals surface area contributed by atoms with Crippen molar-refractivity contribution in [3.05, 3.63) is 35.9 Å². The maximum Gasteiger partial charge on any atom is 0.326 e. The molecule has 1 aliphatic heterocycles. The Hall–Kier alpha value is -1.82. The van der Waals surface area contributed by atoms with Gasteiger partial charge in [0.1, 0.15) is 6.04 Å². The summed E-state index contributed by atoms with van der Waals surface area (Å²) < 4.78 is 0. The molecule has 1 heterocycles. The number of aliphatic carboxylic acids is 1. The number of carboxylic acid groups (broad SMARTS) is 1. The van der Waals surface area contributed by atoms with Gasteiger partial charge in [-0.05, 0) is 24.7 Å². The number of nitrogens with zero attached hydrogens (tertiary/aromatic N) is 1. The number of benzene rings is 1. The standard InChI is InChI=1S/C18H21NO4S/c20-15(12-5-2-1-3-6-12)10-24-11-16(21)19-9-13-7-4-8-14(13)17(19)18(22)23/h1-3,5-6,13-14,17H,4,7-11H2,(H,22,23). The molecule has 6 heteroatoms. The maximum absolute atomic E-state index is 12.4. The smallest absolute Gasteiger partial charge is 0.326 e. The molecule has 2 fully saturated rings. The van der Waals surface area contributed by atoms with E-state index in [4.69, 9.17) is 0 Å². The van der Waals surface area contributed by atoms with Gasteiger partial charge in [0, 0.05) is 12.1 Å². The van der Waals surface area contributed by atoms with E-state index in [9.17, 15) is 19.5 Å². The molecule has 3 unspecified atom stereocenters. The minimum atomic E-state index is -0.900. The molecule has 1 saturated heterocycles. The van der Waals surface area contributed by atoms with Crippen LogP contribution in [0, 0.1) is 11.8 Å². The SMILES string of the molecule is O=C(CSCC(=O)N1CC2CCCC2C1C(=O)O)c1ccccc1. The normalized spacial score (nSPS) is 25.5. The second kappa shape index (κ2) is 7.38. The summed E-state index contributed by atoms with van der Waals surface area (Å²) in [6.45, 7) is 0.549. The molecule has 0 bridgehead atoms. The highest BCUT2D eigenvalue weighted by Gasteiger charge is 2.49. The average Bonchev–Trinajstić information content (AvgIpc) is 3.15. The number of ketones is 1. The molecule has 128 valence electrons. The van der Waals surface area contributed by atoms with E-state index in [1.165, 1.54) is 16.7 Å². The van der Waals surface area contributed by atoms with E-state index in [1.807, 2.05) is 18.2 Å². The molecule has 0 spiro atoms. The molecule has 0 aromatic heterocycles. The van der Waals surface area contributed by atoms with Gasteiger partial charge in [0.15, 0.2) is 5.78 Å². The number of amides is 1. The first kappa shape index (κ1) is 17.0. The molecule has 5 nitrogen and oxygen atoms in total. The number of fused-ring (bicyclic) bond motifs is 1. The lowest BCUT2D eigenvalue weighted by molar-refractivity contribution is -0.148. The molecule has 1 aliphatic carbocycles. The number of Topliss-reactive ketones (excluding diaryl/α,β-unsaturated/α-hetero) is 1. The fourth-order valence-electron chi connectivity index (χ4n) is 3.90. The Morgan fingerprint density at radius 3 is 2.58 bits per heavy atom. The topological polar surface area (TPSA) is 74.7 Å². The number of rotatable bonds is 6. The van der Waals surface area contributed by atoms with Crippen molar-refractivity contribution in [1.82, 2.24) is 4.90 Å². The van der Waals surface area contributed by atoms with Crippen molar-refractivity contribution in [3.63, 3.8) is 0 Å². The van der Waals surface area contributed by atoms with Gasteiger partial charge in [0.2, 0.25) is 5.91 Å². The predicted octanol–water partition coefficient (Wildman–Crippen LogP) is 2.31. The minimum Gasteiger partial charge on any atom is -0.480 e. The van der Waals surface area contributed by atoms with Crippen molar-refractivity contribution >= 4 is 29.4 Å². The van der Waals surface area contributed by atoms with Crippen LogP contribution in [-0.2, 0) is 9.59 Å². The first-order valence-corrected chi connectivity index (χ1v) is 9.41. The molecule has 1 saturated carbocycles. The van der Waals surface area contributed by atoms with E-state index in [1.54, 1.807) is 12.1 Å². The van der Waals surface area contributed by atoms with Crippen molar-refractivity contribution in [2.24, 2.45) is 11.8 Å². The van der Waals surface area contributed by atoms with Gasteiger partial charge in [-0.2, -0.15) is 0 Å². The van der Waals surface area contributed by atoms with E-state index >= 15 is 0 Å². The second-order valence-corrected chi connectivity index (χ2v) is 7.45. The van der Waals surface area contributed by atoms with E-state index in [0.717, 1.165) is 19.3 Å². The zero-order chi connectivity index (χ0) is 17.1. The number of likely N-dealkylation sites (tertiary alicyclic amines) is 1. The summed E-state index contributed by atoms with van der Waals surface area (Å²) in [7, 11) is 0. The third-order valence-corrected chi connectivity index (χ3v) is 5.94. The van der Waals surface area contributed by atoms with E-state index in [-0.39, 0.29) is 29.1 Å². The van der Waals surface area contributed by atoms with Crippen LogP contribution < -0.4 is 0 Å². The Balaban J connectivity index is 1.53. The van der Waals surface area contributed by atoms with Gasteiger partial charge >= 0.3 is 5.97 Å². The molecule has 3 atom stereocenters. The largest absolute Gasteiger partial charge is 0.480 e. The molecule has 3 rings (SSSR count). The second-order valence-electron chi connectivity index (χ2n) is 6.47. The van der Waals surface area contributed by atoms with Crippen LogP contribution in [0.3, 0.4) is 0 Å². The fourth-order valence-corrected chi connectivity index (χ4v) is 4.69. The van der Waals surface area contributed by atoms with Crippen LogP contribution in [0.4, 0.5) is 0 Å². The number of carbonyl (C=O) groups is 3. The van der Waals surface area contributed by atoms with Gasteiger partial charge in [0.25, 0.3) is 0 Å². The Morgan fingerprint density at radius 2 is 1.88 bits per heavy atom. The quantitative estimate of drug-likeness (QED) is 0.799. The summed E-state index contributed by atoms with van der Waals surface area (Å²) in [5.41, 5.74) is 0.636. The van der Waals surface area contributed by atoms with Crippen LogP contribution in [0.1, 0.15) is 29.6 Å². The maximum atomic E-state index is 12.4. The van der Waals surface area contributed by atoms with Crippen LogP contribution in [-0.4, -0.2) is 51.8 Å². The van der Waals surface area contributed by atoms with E-state index in [0.29, 0.717) is 18.0 Å². The first-order chi connectivity index (χ1) is 11.6. The summed E-state index contributed by atoms with van der Waals surface area (Å²) in [6, 6.07) is 8.30. The van der Waals surface area contributed by atoms with Crippen molar-refractivity contribution in [1.29, 1.82) is 0 Å². The third kappa shape index (κ3) is 3.48. The monoisotopic (exact) mass is 347 g/mol. The number of carboxylic acids is 1. The van der Waals surface area contributed by atoms with Crippen LogP contribution >= 0.6 is 11.8 Å². The summed E-state index contributed by atoms with van der Waals surface area (Å²) in [5, 5.41) is 9.49. The van der Waals surface area contributed by atoms with Gasteiger partial charge in [-0.25, -0.2) is 4.79 Å². The Labute approximate surface area is 145 Å². The molecular formula is C18H21NO4S. The van der Waals surface area contributed by atoms with Crippen molar-refractivity contribution in [2.75, 3.05) is 18.1 Å². The minimum absolute atomic E-state index is 0.0125. The predicted molar refractivity (Wildman–Crippen MR) is 92.1 cm³/mol. The average molecular weight is 347 g/mol. The van der Waals surface area contributed by atoms with E-state index in [2.05, 4.69) is 0 Å². The summed E-state index contributed by atoms with van der Waals surface area (Å²) in [4.78, 5) is 37.6. The lowest BCUT2D eigenvalue weighted by atomic mass is 9.94. The number of thioether (sulfide) groups is 1. The van der Waals surface area contributed by atoms with Crippen LogP contribution in [0.25, 0.3) is 0 Å². The van der Waals surface area contributed by atoms with Gasteiger partial charge in [-0.15, -0.1) is 11.8 Å². The van der Waals surface area contributed by atoms with Gasteiger partial charge in [-0.1, -0.05) is 36.8 Å². The molecule has 1 amide bonds. The summed E-state index contributed by atoms with van der Waals surface area (Å²) >= 11 is 1.26.